The number of hydrogen-bond donors (Lipinski definition) is 2. The predicted molar refractivity (Wildman–Crippen MR) is 198 cm³/mol. The Morgan fingerprint density at radius 2 is 0.804 bits per heavy atom. The summed E-state index contributed by atoms with van der Waals surface area (Å²) in [6.45, 7) is 6.25. The summed E-state index contributed by atoms with van der Waals surface area (Å²) in [6.07, 6.45) is 2.86. The lowest BCUT2D eigenvalue weighted by Gasteiger charge is -2.30. The Kier molecular flexibility index (Phi) is 8.42. The molecule has 2 aliphatic heterocycles. The van der Waals surface area contributed by atoms with Gasteiger partial charge in [-0.05, 0) is 60.7 Å². The zero-order chi connectivity index (χ0) is 35.4. The molecule has 0 radical (unpaired) electrons. The van der Waals surface area contributed by atoms with Gasteiger partial charge in [0.05, 0.1) is 20.8 Å². The Hall–Kier alpha value is -4.67. The number of piperazine rings is 2. The third-order valence-electron chi connectivity index (χ3n) is 9.61. The Morgan fingerprint density at radius 3 is 1.20 bits per heavy atom. The first-order valence-corrected chi connectivity index (χ1v) is 21.0. The molecule has 2 aromatic heterocycles. The minimum atomic E-state index is -4.72. The summed E-state index contributed by atoms with van der Waals surface area (Å²) in [7, 11) is -13.7. The van der Waals surface area contributed by atoms with Crippen LogP contribution in [0.3, 0.4) is 0 Å². The number of benzene rings is 4. The first-order valence-electron chi connectivity index (χ1n) is 16.7. The van der Waals surface area contributed by atoms with Gasteiger partial charge in [0.2, 0.25) is 9.84 Å². The molecule has 2 N–H and O–H groups in total. The van der Waals surface area contributed by atoms with Crippen molar-refractivity contribution in [3.8, 4) is 0 Å². The molecule has 0 unspecified atom stereocenters. The summed E-state index contributed by atoms with van der Waals surface area (Å²) < 4.78 is 89.0. The molecule has 8 rings (SSSR count). The molecule has 264 valence electrons. The molecule has 0 saturated carbocycles. The standard InChI is InChI=1S/C36H36N6O6S3/c43-49(44,33-11-1-3-13-35(33)50(45,46)41-21-15-27-29(7-5-9-31(27)41)39-23-17-37-18-24-39)34-12-2-4-14-36(34)51(47,48)42-22-16-28-30(8-6-10-32(28)42)40-25-19-38-20-26-40/h1-16,21-22,37-38H,17-20,23-26H2. The lowest BCUT2D eigenvalue weighted by atomic mass is 10.2. The maximum Gasteiger partial charge on any atom is 0.269 e. The highest BCUT2D eigenvalue weighted by molar-refractivity contribution is 7.95. The van der Waals surface area contributed by atoms with Crippen LogP contribution in [0.1, 0.15) is 0 Å². The second-order valence-corrected chi connectivity index (χ2v) is 18.0. The Bertz CT molecular complexity index is 2450. The van der Waals surface area contributed by atoms with E-state index in [1.165, 1.54) is 60.9 Å². The average molecular weight is 745 g/mol. The maximum atomic E-state index is 14.6. The zero-order valence-electron chi connectivity index (χ0n) is 27.5. The fourth-order valence-corrected chi connectivity index (χ4v) is 12.7. The van der Waals surface area contributed by atoms with Gasteiger partial charge < -0.3 is 20.4 Å². The highest BCUT2D eigenvalue weighted by atomic mass is 32.2. The van der Waals surface area contributed by atoms with E-state index in [4.69, 9.17) is 0 Å². The Balaban J connectivity index is 1.22. The van der Waals surface area contributed by atoms with Crippen molar-refractivity contribution in [3.05, 3.63) is 109 Å². The van der Waals surface area contributed by atoms with Crippen molar-refractivity contribution < 1.29 is 25.3 Å². The normalized spacial score (nSPS) is 16.2. The molecule has 15 heteroatoms. The molecule has 0 atom stereocenters. The minimum Gasteiger partial charge on any atom is -0.368 e. The van der Waals surface area contributed by atoms with Crippen LogP contribution < -0.4 is 20.4 Å². The maximum absolute atomic E-state index is 14.6. The predicted octanol–water partition coefficient (Wildman–Crippen LogP) is 3.72. The molecule has 4 aromatic carbocycles. The van der Waals surface area contributed by atoms with Crippen molar-refractivity contribution in [2.24, 2.45) is 0 Å². The topological polar surface area (TPSA) is 143 Å². The van der Waals surface area contributed by atoms with Crippen LogP contribution in [-0.2, 0) is 29.9 Å². The van der Waals surface area contributed by atoms with Crippen LogP contribution in [0.5, 0.6) is 0 Å². The third kappa shape index (κ3) is 5.60. The number of aromatic nitrogens is 2. The largest absolute Gasteiger partial charge is 0.368 e. The van der Waals surface area contributed by atoms with E-state index in [2.05, 4.69) is 20.4 Å². The van der Waals surface area contributed by atoms with Crippen LogP contribution in [0, 0.1) is 0 Å². The Labute approximate surface area is 296 Å². The monoisotopic (exact) mass is 744 g/mol. The van der Waals surface area contributed by atoms with E-state index in [1.807, 2.05) is 12.1 Å². The smallest absolute Gasteiger partial charge is 0.269 e. The molecule has 2 saturated heterocycles. The number of fused-ring (bicyclic) bond motifs is 2. The lowest BCUT2D eigenvalue weighted by Crippen LogP contribution is -2.43. The molecule has 4 heterocycles. The molecule has 2 fully saturated rings. The van der Waals surface area contributed by atoms with Gasteiger partial charge in [-0.3, -0.25) is 0 Å². The van der Waals surface area contributed by atoms with Crippen LogP contribution in [0.15, 0.2) is 129 Å². The van der Waals surface area contributed by atoms with E-state index in [0.717, 1.165) is 82.5 Å². The van der Waals surface area contributed by atoms with Gasteiger partial charge in [-0.2, -0.15) is 0 Å². The van der Waals surface area contributed by atoms with Crippen LogP contribution in [0.4, 0.5) is 11.4 Å². The number of sulfone groups is 1. The minimum absolute atomic E-state index is 0.404. The zero-order valence-corrected chi connectivity index (χ0v) is 30.0. The average Bonchev–Trinajstić information content (AvgIpc) is 3.82. The molecule has 0 spiro atoms. The Morgan fingerprint density at radius 1 is 0.431 bits per heavy atom. The molecule has 2 aliphatic rings. The quantitative estimate of drug-likeness (QED) is 0.237. The van der Waals surface area contributed by atoms with Gasteiger partial charge >= 0.3 is 0 Å². The van der Waals surface area contributed by atoms with E-state index in [0.29, 0.717) is 11.0 Å². The van der Waals surface area contributed by atoms with Gasteiger partial charge in [-0.15, -0.1) is 0 Å². The molecule has 0 bridgehead atoms. The molecular weight excluding hydrogens is 709 g/mol. The van der Waals surface area contributed by atoms with Crippen molar-refractivity contribution >= 4 is 63.1 Å². The first kappa shape index (κ1) is 33.5. The van der Waals surface area contributed by atoms with Gasteiger partial charge in [0, 0.05) is 86.9 Å². The third-order valence-corrected chi connectivity index (χ3v) is 15.2. The number of hydrogen-bond acceptors (Lipinski definition) is 10. The molecule has 0 amide bonds. The second-order valence-electron chi connectivity index (χ2n) is 12.5. The van der Waals surface area contributed by atoms with E-state index < -0.39 is 49.5 Å². The van der Waals surface area contributed by atoms with Gasteiger partial charge in [0.15, 0.2) is 0 Å². The molecular formula is C36H36N6O6S3. The fraction of sp³-hybridized carbons (Fsp3) is 0.222. The summed E-state index contributed by atoms with van der Waals surface area (Å²) in [5, 5.41) is 8.08. The van der Waals surface area contributed by atoms with E-state index in [-0.39, 0.29) is 0 Å². The van der Waals surface area contributed by atoms with Gasteiger partial charge in [0.25, 0.3) is 20.0 Å². The summed E-state index contributed by atoms with van der Waals surface area (Å²) in [6, 6.07) is 24.9. The summed E-state index contributed by atoms with van der Waals surface area (Å²) >= 11 is 0. The van der Waals surface area contributed by atoms with Gasteiger partial charge in [0.1, 0.15) is 9.79 Å². The van der Waals surface area contributed by atoms with E-state index in [9.17, 15) is 25.3 Å². The van der Waals surface area contributed by atoms with Crippen molar-refractivity contribution in [2.75, 3.05) is 62.2 Å². The second kappa shape index (κ2) is 12.8. The van der Waals surface area contributed by atoms with Crippen molar-refractivity contribution in [3.63, 3.8) is 0 Å². The molecule has 6 aromatic rings. The van der Waals surface area contributed by atoms with E-state index in [1.54, 1.807) is 36.4 Å². The van der Waals surface area contributed by atoms with Crippen LogP contribution in [0.2, 0.25) is 0 Å². The van der Waals surface area contributed by atoms with Crippen molar-refractivity contribution in [1.82, 2.24) is 18.6 Å². The van der Waals surface area contributed by atoms with Crippen LogP contribution in [-0.4, -0.2) is 85.6 Å². The molecule has 51 heavy (non-hydrogen) atoms. The van der Waals surface area contributed by atoms with Crippen LogP contribution in [0.25, 0.3) is 21.8 Å². The fourth-order valence-electron chi connectivity index (χ4n) is 7.14. The number of nitrogens with zero attached hydrogens (tertiary/aromatic N) is 4. The number of rotatable bonds is 8. The molecule has 12 nitrogen and oxygen atoms in total. The number of nitrogens with one attached hydrogen (secondary N) is 2. The SMILES string of the molecule is O=S(=O)(c1ccccc1S(=O)(=O)n1ccc2c(N3CCNCC3)cccc21)c1ccccc1S(=O)(=O)n1ccc2c(N3CCNCC3)cccc21. The number of anilines is 2. The highest BCUT2D eigenvalue weighted by Crippen LogP contribution is 2.37. The first-order chi connectivity index (χ1) is 24.6. The molecule has 0 aliphatic carbocycles. The van der Waals surface area contributed by atoms with Gasteiger partial charge in [-0.1, -0.05) is 36.4 Å². The van der Waals surface area contributed by atoms with Crippen molar-refractivity contribution in [1.29, 1.82) is 0 Å². The summed E-state index contributed by atoms with van der Waals surface area (Å²) in [5.41, 5.74) is 2.59. The van der Waals surface area contributed by atoms with Gasteiger partial charge in [-0.25, -0.2) is 33.2 Å². The summed E-state index contributed by atoms with van der Waals surface area (Å²) in [5.74, 6) is 0. The van der Waals surface area contributed by atoms with Crippen molar-refractivity contribution in [2.45, 2.75) is 19.6 Å². The highest BCUT2D eigenvalue weighted by Gasteiger charge is 2.35. The van der Waals surface area contributed by atoms with Crippen LogP contribution >= 0.6 is 0 Å². The van der Waals surface area contributed by atoms with E-state index >= 15 is 0 Å². The lowest BCUT2D eigenvalue weighted by molar-refractivity contribution is 0.573. The summed E-state index contributed by atoms with van der Waals surface area (Å²) in [4.78, 5) is 2.40.